The molecule has 0 fully saturated rings. The molecular weight excluding hydrogens is 494 g/mol. The predicted octanol–water partition coefficient (Wildman–Crippen LogP) is 8.19. The van der Waals surface area contributed by atoms with Gasteiger partial charge in [-0.15, -0.1) is 0 Å². The van der Waals surface area contributed by atoms with Crippen molar-refractivity contribution in [1.29, 1.82) is 0 Å². The van der Waals surface area contributed by atoms with E-state index in [1.807, 2.05) is 18.2 Å². The largest absolute Gasteiger partial charge is 0.483 e. The first kappa shape index (κ1) is 26.5. The Labute approximate surface area is 195 Å². The molecule has 3 nitrogen and oxygen atoms in total. The molecule has 0 aliphatic carbocycles. The molecule has 1 N–H and O–H groups in total. The van der Waals surface area contributed by atoms with E-state index < -0.39 is 0 Å². The number of carbonyl (C=O) groups excluding carboxylic acids is 1. The topological polar surface area (TPSA) is 38.3 Å². The first-order valence-corrected chi connectivity index (χ1v) is 13.1. The van der Waals surface area contributed by atoms with E-state index >= 15 is 0 Å². The van der Waals surface area contributed by atoms with E-state index in [-0.39, 0.29) is 12.5 Å². The Bertz CT molecular complexity index is 552. The SMILES string of the molecule is CCCCCCCCCCCCCCCCNC(=O)COc1ccc(Br)cc1Br. The van der Waals surface area contributed by atoms with E-state index in [1.165, 1.54) is 83.5 Å². The van der Waals surface area contributed by atoms with Crippen molar-refractivity contribution in [3.8, 4) is 5.75 Å². The Balaban J connectivity index is 1.85. The monoisotopic (exact) mass is 531 g/mol. The Morgan fingerprint density at radius 3 is 1.86 bits per heavy atom. The lowest BCUT2D eigenvalue weighted by molar-refractivity contribution is -0.123. The summed E-state index contributed by atoms with van der Waals surface area (Å²) in [6.07, 6.45) is 18.8. The molecule has 1 aromatic rings. The van der Waals surface area contributed by atoms with Crippen molar-refractivity contribution in [2.45, 2.75) is 96.8 Å². The molecule has 0 aliphatic rings. The molecule has 0 radical (unpaired) electrons. The number of halogens is 2. The van der Waals surface area contributed by atoms with Crippen LogP contribution in [0.3, 0.4) is 0 Å². The van der Waals surface area contributed by atoms with Crippen LogP contribution in [0.2, 0.25) is 0 Å². The lowest BCUT2D eigenvalue weighted by atomic mass is 10.0. The Hall–Kier alpha value is -0.550. The normalized spacial score (nSPS) is 10.9. The van der Waals surface area contributed by atoms with Gasteiger partial charge in [-0.05, 0) is 40.5 Å². The Kier molecular flexibility index (Phi) is 16.7. The second-order valence-corrected chi connectivity index (χ2v) is 9.58. The van der Waals surface area contributed by atoms with Gasteiger partial charge >= 0.3 is 0 Å². The molecule has 1 rings (SSSR count). The molecule has 0 heterocycles. The molecule has 5 heteroatoms. The van der Waals surface area contributed by atoms with Gasteiger partial charge in [0.2, 0.25) is 0 Å². The molecule has 29 heavy (non-hydrogen) atoms. The van der Waals surface area contributed by atoms with Gasteiger partial charge in [0.05, 0.1) is 4.47 Å². The van der Waals surface area contributed by atoms with Crippen LogP contribution in [0.15, 0.2) is 27.1 Å². The van der Waals surface area contributed by atoms with Crippen LogP contribution >= 0.6 is 31.9 Å². The van der Waals surface area contributed by atoms with E-state index in [9.17, 15) is 4.79 Å². The third-order valence-corrected chi connectivity index (χ3v) is 6.22. The zero-order chi connectivity index (χ0) is 21.2. The maximum Gasteiger partial charge on any atom is 0.257 e. The summed E-state index contributed by atoms with van der Waals surface area (Å²) < 4.78 is 7.36. The number of nitrogens with one attached hydrogen (secondary N) is 1. The van der Waals surface area contributed by atoms with Crippen molar-refractivity contribution in [1.82, 2.24) is 5.32 Å². The van der Waals surface area contributed by atoms with Gasteiger partial charge in [-0.25, -0.2) is 0 Å². The van der Waals surface area contributed by atoms with Crippen molar-refractivity contribution in [2.75, 3.05) is 13.2 Å². The summed E-state index contributed by atoms with van der Waals surface area (Å²) in [6, 6.07) is 5.64. The number of rotatable bonds is 18. The molecule has 166 valence electrons. The van der Waals surface area contributed by atoms with Crippen LogP contribution in [0.5, 0.6) is 5.75 Å². The average molecular weight is 533 g/mol. The number of unbranched alkanes of at least 4 members (excludes halogenated alkanes) is 13. The molecule has 0 saturated heterocycles. The fraction of sp³-hybridized carbons (Fsp3) is 0.708. The van der Waals surface area contributed by atoms with E-state index in [0.717, 1.165) is 21.9 Å². The van der Waals surface area contributed by atoms with Crippen LogP contribution in [0.25, 0.3) is 0 Å². The number of ether oxygens (including phenoxy) is 1. The van der Waals surface area contributed by atoms with Gasteiger partial charge in [0, 0.05) is 11.0 Å². The standard InChI is InChI=1S/C24H39Br2NO2/c1-2-3-4-5-6-7-8-9-10-11-12-13-14-15-18-27-24(28)20-29-23-17-16-21(25)19-22(23)26/h16-17,19H,2-15,18,20H2,1H3,(H,27,28). The van der Waals surface area contributed by atoms with Gasteiger partial charge < -0.3 is 10.1 Å². The van der Waals surface area contributed by atoms with Crippen molar-refractivity contribution >= 4 is 37.8 Å². The highest BCUT2D eigenvalue weighted by atomic mass is 79.9. The fourth-order valence-corrected chi connectivity index (χ4v) is 4.50. The van der Waals surface area contributed by atoms with Gasteiger partial charge in [0.15, 0.2) is 6.61 Å². The van der Waals surface area contributed by atoms with Gasteiger partial charge in [0.25, 0.3) is 5.91 Å². The minimum atomic E-state index is -0.0606. The third-order valence-electron chi connectivity index (χ3n) is 5.11. The lowest BCUT2D eigenvalue weighted by Gasteiger charge is -2.09. The van der Waals surface area contributed by atoms with Crippen LogP contribution in [-0.4, -0.2) is 19.1 Å². The van der Waals surface area contributed by atoms with Crippen molar-refractivity contribution < 1.29 is 9.53 Å². The van der Waals surface area contributed by atoms with Gasteiger partial charge in [0.1, 0.15) is 5.75 Å². The summed E-state index contributed by atoms with van der Waals surface area (Å²) in [6.45, 7) is 3.07. The highest BCUT2D eigenvalue weighted by Crippen LogP contribution is 2.28. The predicted molar refractivity (Wildman–Crippen MR) is 131 cm³/mol. The molecule has 0 aliphatic heterocycles. The van der Waals surface area contributed by atoms with Gasteiger partial charge in [-0.2, -0.15) is 0 Å². The minimum absolute atomic E-state index is 0.0544. The molecule has 0 aromatic heterocycles. The summed E-state index contributed by atoms with van der Waals surface area (Å²) in [7, 11) is 0. The highest BCUT2D eigenvalue weighted by Gasteiger charge is 2.05. The average Bonchev–Trinajstić information content (AvgIpc) is 2.70. The van der Waals surface area contributed by atoms with E-state index in [0.29, 0.717) is 5.75 Å². The quantitative estimate of drug-likeness (QED) is 0.193. The molecular formula is C24H39Br2NO2. The van der Waals surface area contributed by atoms with Crippen molar-refractivity contribution in [3.05, 3.63) is 27.1 Å². The summed E-state index contributed by atoms with van der Waals surface area (Å²) in [5.74, 6) is 0.620. The number of benzene rings is 1. The number of hydrogen-bond acceptors (Lipinski definition) is 2. The van der Waals surface area contributed by atoms with Gasteiger partial charge in [-0.3, -0.25) is 4.79 Å². The van der Waals surface area contributed by atoms with Crippen molar-refractivity contribution in [2.24, 2.45) is 0 Å². The molecule has 0 spiro atoms. The summed E-state index contributed by atoms with van der Waals surface area (Å²) in [5.41, 5.74) is 0. The second kappa shape index (κ2) is 18.2. The summed E-state index contributed by atoms with van der Waals surface area (Å²) in [4.78, 5) is 11.9. The maximum absolute atomic E-state index is 11.9. The zero-order valence-corrected chi connectivity index (χ0v) is 21.3. The number of hydrogen-bond donors (Lipinski definition) is 1. The fourth-order valence-electron chi connectivity index (χ4n) is 3.33. The summed E-state index contributed by atoms with van der Waals surface area (Å²) in [5, 5.41) is 2.94. The number of carbonyl (C=O) groups is 1. The Morgan fingerprint density at radius 2 is 1.34 bits per heavy atom. The molecule has 1 aromatic carbocycles. The van der Waals surface area contributed by atoms with Crippen LogP contribution in [-0.2, 0) is 4.79 Å². The van der Waals surface area contributed by atoms with Gasteiger partial charge in [-0.1, -0.05) is 106 Å². The van der Waals surface area contributed by atoms with E-state index in [1.54, 1.807) is 0 Å². The van der Waals surface area contributed by atoms with Crippen LogP contribution in [0, 0.1) is 0 Å². The van der Waals surface area contributed by atoms with E-state index in [2.05, 4.69) is 44.1 Å². The van der Waals surface area contributed by atoms with E-state index in [4.69, 9.17) is 4.74 Å². The molecule has 0 unspecified atom stereocenters. The molecule has 0 bridgehead atoms. The minimum Gasteiger partial charge on any atom is -0.483 e. The van der Waals surface area contributed by atoms with Crippen LogP contribution in [0.4, 0.5) is 0 Å². The van der Waals surface area contributed by atoms with Crippen LogP contribution < -0.4 is 10.1 Å². The molecule has 0 atom stereocenters. The first-order valence-electron chi connectivity index (χ1n) is 11.5. The number of amides is 1. The highest BCUT2D eigenvalue weighted by molar-refractivity contribution is 9.11. The third kappa shape index (κ3) is 15.0. The molecule has 0 saturated carbocycles. The summed E-state index contributed by atoms with van der Waals surface area (Å²) >= 11 is 6.83. The first-order chi connectivity index (χ1) is 14.1. The second-order valence-electron chi connectivity index (χ2n) is 7.81. The lowest BCUT2D eigenvalue weighted by Crippen LogP contribution is -2.29. The smallest absolute Gasteiger partial charge is 0.257 e. The van der Waals surface area contributed by atoms with Crippen LogP contribution in [0.1, 0.15) is 96.8 Å². The van der Waals surface area contributed by atoms with Crippen molar-refractivity contribution in [3.63, 3.8) is 0 Å². The Morgan fingerprint density at radius 1 is 0.828 bits per heavy atom. The zero-order valence-electron chi connectivity index (χ0n) is 18.1. The molecule has 1 amide bonds. The maximum atomic E-state index is 11.9.